The number of rotatable bonds is 7. The van der Waals surface area contributed by atoms with Gasteiger partial charge in [-0.2, -0.15) is 0 Å². The summed E-state index contributed by atoms with van der Waals surface area (Å²) in [6.45, 7) is 5.83. The molecule has 0 radical (unpaired) electrons. The summed E-state index contributed by atoms with van der Waals surface area (Å²) in [5.74, 6) is -0.261. The Hall–Kier alpha value is -2.95. The lowest BCUT2D eigenvalue weighted by atomic mass is 10.1. The molecule has 0 aliphatic carbocycles. The lowest BCUT2D eigenvalue weighted by Crippen LogP contribution is -2.17. The lowest BCUT2D eigenvalue weighted by molar-refractivity contribution is 0.0222. The lowest BCUT2D eigenvalue weighted by Gasteiger charge is -2.20. The van der Waals surface area contributed by atoms with E-state index in [2.05, 4.69) is 9.71 Å². The van der Waals surface area contributed by atoms with E-state index in [1.807, 2.05) is 31.4 Å². The number of hydrogen-bond donors (Lipinski definition) is 1. The van der Waals surface area contributed by atoms with Gasteiger partial charge in [0, 0.05) is 24.6 Å². The summed E-state index contributed by atoms with van der Waals surface area (Å²) in [5, 5.41) is 0. The molecule has 0 amide bonds. The Morgan fingerprint density at radius 3 is 2.45 bits per heavy atom. The monoisotopic (exact) mass is 489 g/mol. The van der Waals surface area contributed by atoms with Crippen LogP contribution in [0, 0.1) is 12.7 Å². The van der Waals surface area contributed by atoms with Crippen molar-refractivity contribution in [3.8, 4) is 17.0 Å². The van der Waals surface area contributed by atoms with Gasteiger partial charge >= 0.3 is 0 Å². The van der Waals surface area contributed by atoms with E-state index in [-0.39, 0.29) is 16.3 Å². The minimum atomic E-state index is -4.02. The second-order valence-electron chi connectivity index (χ2n) is 7.99. The van der Waals surface area contributed by atoms with Gasteiger partial charge in [0.1, 0.15) is 16.5 Å². The summed E-state index contributed by atoms with van der Waals surface area (Å²) >= 11 is 1.52. The largest absolute Gasteiger partial charge is 0.495 e. The molecule has 7 nitrogen and oxygen atoms in total. The van der Waals surface area contributed by atoms with Gasteiger partial charge in [0.25, 0.3) is 10.0 Å². The highest BCUT2D eigenvalue weighted by Gasteiger charge is 2.26. The van der Waals surface area contributed by atoms with Crippen molar-refractivity contribution >= 4 is 32.0 Å². The molecule has 33 heavy (non-hydrogen) atoms. The molecule has 0 bridgehead atoms. The number of sulfonamides is 1. The molecule has 2 aromatic carbocycles. The Labute approximate surface area is 195 Å². The number of methoxy groups -OCH3 is 2. The number of nitrogens with zero attached hydrogens (tertiary/aromatic N) is 2. The molecule has 4 rings (SSSR count). The Kier molecular flexibility index (Phi) is 5.94. The van der Waals surface area contributed by atoms with Crippen LogP contribution in [0.25, 0.3) is 16.2 Å². The maximum Gasteiger partial charge on any atom is 0.265 e. The van der Waals surface area contributed by atoms with Crippen LogP contribution in [-0.4, -0.2) is 32.0 Å². The van der Waals surface area contributed by atoms with Crippen LogP contribution in [0.1, 0.15) is 24.4 Å². The molecule has 0 aliphatic rings. The summed E-state index contributed by atoms with van der Waals surface area (Å²) in [6.07, 6.45) is 1.97. The van der Waals surface area contributed by atoms with Gasteiger partial charge in [0.2, 0.25) is 0 Å². The Morgan fingerprint density at radius 1 is 1.12 bits per heavy atom. The smallest absolute Gasteiger partial charge is 0.265 e. The molecule has 0 atom stereocenters. The second-order valence-corrected chi connectivity index (χ2v) is 10.6. The number of nitrogens with one attached hydrogen (secondary N) is 1. The predicted molar refractivity (Wildman–Crippen MR) is 127 cm³/mol. The fourth-order valence-corrected chi connectivity index (χ4v) is 5.81. The van der Waals surface area contributed by atoms with Crippen LogP contribution in [0.5, 0.6) is 5.75 Å². The van der Waals surface area contributed by atoms with Gasteiger partial charge < -0.3 is 9.47 Å². The zero-order valence-corrected chi connectivity index (χ0v) is 20.5. The number of fused-ring (bicyclic) bond motifs is 1. The quantitative estimate of drug-likeness (QED) is 0.386. The number of imidazole rings is 1. The van der Waals surface area contributed by atoms with Crippen LogP contribution < -0.4 is 9.46 Å². The third kappa shape index (κ3) is 4.33. The molecule has 0 unspecified atom stereocenters. The van der Waals surface area contributed by atoms with E-state index < -0.39 is 21.4 Å². The standard InChI is InChI=1S/C23H24FN3O4S2/c1-14-21(27-13-20(23(2,3)31-5)32-22(27)25-14)15-6-11-18(30-4)19(12-15)33(28,29)26-17-9-7-16(24)8-10-17/h6-13,26H,1-5H3. The zero-order chi connectivity index (χ0) is 24.0. The summed E-state index contributed by atoms with van der Waals surface area (Å²) < 4.78 is 55.0. The first-order valence-electron chi connectivity index (χ1n) is 10.1. The molecule has 2 aromatic heterocycles. The molecule has 174 valence electrons. The van der Waals surface area contributed by atoms with E-state index in [1.165, 1.54) is 42.7 Å². The fraction of sp³-hybridized carbons (Fsp3) is 0.261. The second kappa shape index (κ2) is 8.44. The minimum absolute atomic E-state index is 0.0335. The van der Waals surface area contributed by atoms with E-state index in [0.717, 1.165) is 21.2 Å². The molecule has 0 spiro atoms. The first kappa shape index (κ1) is 23.2. The molecule has 2 heterocycles. The highest BCUT2D eigenvalue weighted by molar-refractivity contribution is 7.92. The third-order valence-electron chi connectivity index (χ3n) is 5.43. The number of anilines is 1. The topological polar surface area (TPSA) is 81.9 Å². The Morgan fingerprint density at radius 2 is 1.82 bits per heavy atom. The van der Waals surface area contributed by atoms with E-state index in [4.69, 9.17) is 9.47 Å². The molecule has 10 heteroatoms. The number of benzene rings is 2. The minimum Gasteiger partial charge on any atom is -0.495 e. The number of halogens is 1. The fourth-order valence-electron chi connectivity index (χ4n) is 3.44. The Balaban J connectivity index is 1.82. The highest BCUT2D eigenvalue weighted by atomic mass is 32.2. The number of ether oxygens (including phenoxy) is 2. The van der Waals surface area contributed by atoms with Crippen molar-refractivity contribution < 1.29 is 22.3 Å². The highest BCUT2D eigenvalue weighted by Crippen LogP contribution is 2.37. The molecule has 0 saturated heterocycles. The van der Waals surface area contributed by atoms with Crippen LogP contribution >= 0.6 is 11.3 Å². The third-order valence-corrected chi connectivity index (χ3v) is 8.12. The molecule has 1 N–H and O–H groups in total. The SMILES string of the molecule is COc1ccc(-c2c(C)nc3sc(C(C)(C)OC)cn23)cc1S(=O)(=O)Nc1ccc(F)cc1. The van der Waals surface area contributed by atoms with Crippen LogP contribution in [0.4, 0.5) is 10.1 Å². The first-order valence-corrected chi connectivity index (χ1v) is 12.4. The maximum atomic E-state index is 13.2. The zero-order valence-electron chi connectivity index (χ0n) is 18.8. The average Bonchev–Trinajstić information content (AvgIpc) is 3.32. The van der Waals surface area contributed by atoms with Crippen LogP contribution in [-0.2, 0) is 20.4 Å². The molecule has 0 aliphatic heterocycles. The van der Waals surface area contributed by atoms with Gasteiger partial charge in [0.05, 0.1) is 29.0 Å². The van der Waals surface area contributed by atoms with Crippen molar-refractivity contribution in [1.82, 2.24) is 9.38 Å². The predicted octanol–water partition coefficient (Wildman–Crippen LogP) is 5.20. The number of aromatic nitrogens is 2. The van der Waals surface area contributed by atoms with Gasteiger partial charge in [-0.15, -0.1) is 0 Å². The van der Waals surface area contributed by atoms with Crippen molar-refractivity contribution in [3.05, 3.63) is 65.0 Å². The average molecular weight is 490 g/mol. The van der Waals surface area contributed by atoms with E-state index >= 15 is 0 Å². The molecule has 0 saturated carbocycles. The molecular weight excluding hydrogens is 465 g/mol. The van der Waals surface area contributed by atoms with Crippen molar-refractivity contribution in [3.63, 3.8) is 0 Å². The summed E-state index contributed by atoms with van der Waals surface area (Å²) in [6, 6.07) is 10.1. The van der Waals surface area contributed by atoms with Crippen LogP contribution in [0.15, 0.2) is 53.6 Å². The molecular formula is C23H24FN3O4S2. The van der Waals surface area contributed by atoms with Crippen molar-refractivity contribution in [1.29, 1.82) is 0 Å². The summed E-state index contributed by atoms with van der Waals surface area (Å²) in [5.41, 5.74) is 1.98. The van der Waals surface area contributed by atoms with Crippen molar-refractivity contribution in [2.45, 2.75) is 31.3 Å². The number of hydrogen-bond acceptors (Lipinski definition) is 6. The van der Waals surface area contributed by atoms with E-state index in [1.54, 1.807) is 25.3 Å². The van der Waals surface area contributed by atoms with Crippen LogP contribution in [0.2, 0.25) is 0 Å². The van der Waals surface area contributed by atoms with Gasteiger partial charge in [-0.3, -0.25) is 9.12 Å². The van der Waals surface area contributed by atoms with Gasteiger partial charge in [-0.25, -0.2) is 17.8 Å². The van der Waals surface area contributed by atoms with Gasteiger partial charge in [0.15, 0.2) is 4.96 Å². The van der Waals surface area contributed by atoms with E-state index in [0.29, 0.717) is 5.56 Å². The molecule has 0 fully saturated rings. The number of thiazole rings is 1. The molecule has 4 aromatic rings. The van der Waals surface area contributed by atoms with E-state index in [9.17, 15) is 12.8 Å². The van der Waals surface area contributed by atoms with Crippen LogP contribution in [0.3, 0.4) is 0 Å². The van der Waals surface area contributed by atoms with Gasteiger partial charge in [-0.1, -0.05) is 11.3 Å². The van der Waals surface area contributed by atoms with Gasteiger partial charge in [-0.05, 0) is 63.2 Å². The van der Waals surface area contributed by atoms with Crippen molar-refractivity contribution in [2.24, 2.45) is 0 Å². The Bertz CT molecular complexity index is 1420. The summed E-state index contributed by atoms with van der Waals surface area (Å²) in [7, 11) is -0.950. The summed E-state index contributed by atoms with van der Waals surface area (Å²) in [4.78, 5) is 6.41. The normalized spacial score (nSPS) is 12.3. The first-order chi connectivity index (χ1) is 15.6. The van der Waals surface area contributed by atoms with Crippen molar-refractivity contribution in [2.75, 3.05) is 18.9 Å². The number of aryl methyl sites for hydroxylation is 1. The maximum absolute atomic E-state index is 13.2.